The molecule has 1 aliphatic rings. The van der Waals surface area contributed by atoms with Crippen molar-refractivity contribution in [2.45, 2.75) is 57.4 Å². The first kappa shape index (κ1) is 31.2. The van der Waals surface area contributed by atoms with E-state index in [2.05, 4.69) is 49.0 Å². The zero-order valence-electron chi connectivity index (χ0n) is 24.7. The second-order valence-corrected chi connectivity index (χ2v) is 13.1. The van der Waals surface area contributed by atoms with Gasteiger partial charge in [0, 0.05) is 44.0 Å². The molecular weight excluding hydrogens is 566 g/mol. The van der Waals surface area contributed by atoms with Gasteiger partial charge in [0.1, 0.15) is 5.75 Å². The number of para-hydroxylation sites is 1. The Morgan fingerprint density at radius 1 is 0.952 bits per heavy atom. The molecule has 10 nitrogen and oxygen atoms in total. The van der Waals surface area contributed by atoms with E-state index in [1.165, 1.54) is 12.1 Å². The van der Waals surface area contributed by atoms with Crippen molar-refractivity contribution < 1.29 is 26.7 Å². The molecule has 13 heteroatoms. The smallest absolute Gasteiger partial charge is 0.387 e. The van der Waals surface area contributed by atoms with Crippen LogP contribution in [0.15, 0.2) is 47.5 Å². The van der Waals surface area contributed by atoms with E-state index in [-0.39, 0.29) is 28.1 Å². The summed E-state index contributed by atoms with van der Waals surface area (Å²) in [6.07, 6.45) is 1.10. The molecule has 2 aromatic carbocycles. The minimum atomic E-state index is -3.69. The Morgan fingerprint density at radius 3 is 2.26 bits per heavy atom. The molecule has 0 spiro atoms. The van der Waals surface area contributed by atoms with Crippen LogP contribution in [0.4, 0.5) is 37.6 Å². The number of hydrogen-bond acceptors (Lipinski definition) is 10. The summed E-state index contributed by atoms with van der Waals surface area (Å²) in [5, 5.41) is 5.28. The maximum Gasteiger partial charge on any atom is 0.387 e. The number of aryl methyl sites for hydroxylation is 1. The van der Waals surface area contributed by atoms with Crippen LogP contribution in [-0.2, 0) is 9.84 Å². The molecule has 1 saturated heterocycles. The van der Waals surface area contributed by atoms with Crippen molar-refractivity contribution in [2.24, 2.45) is 0 Å². The largest absolute Gasteiger partial charge is 0.494 e. The summed E-state index contributed by atoms with van der Waals surface area (Å²) >= 11 is 0. The number of alkyl halides is 2. The number of anilines is 5. The summed E-state index contributed by atoms with van der Waals surface area (Å²) in [7, 11) is -2.13. The summed E-state index contributed by atoms with van der Waals surface area (Å²) in [5.74, 6) is 0.154. The summed E-state index contributed by atoms with van der Waals surface area (Å²) in [4.78, 5) is 13.3. The van der Waals surface area contributed by atoms with E-state index in [9.17, 15) is 17.2 Å². The molecule has 0 atom stereocenters. The Hall–Kier alpha value is -3.71. The fraction of sp³-hybridized carbons (Fsp3) is 0.448. The van der Waals surface area contributed by atoms with Crippen LogP contribution in [0.5, 0.6) is 11.5 Å². The van der Waals surface area contributed by atoms with Crippen LogP contribution in [0, 0.1) is 6.92 Å². The van der Waals surface area contributed by atoms with E-state index in [0.717, 1.165) is 43.6 Å². The number of ether oxygens (including phenoxy) is 2. The molecule has 1 fully saturated rings. The monoisotopic (exact) mass is 604 g/mol. The third-order valence-corrected chi connectivity index (χ3v) is 9.40. The third kappa shape index (κ3) is 7.01. The predicted octanol–water partition coefficient (Wildman–Crippen LogP) is 5.59. The van der Waals surface area contributed by atoms with Crippen LogP contribution in [0.3, 0.4) is 0 Å². The van der Waals surface area contributed by atoms with Crippen molar-refractivity contribution in [2.75, 3.05) is 48.8 Å². The van der Waals surface area contributed by atoms with E-state index in [1.807, 2.05) is 19.1 Å². The number of nitrogens with one attached hydrogen (secondary N) is 2. The van der Waals surface area contributed by atoms with Gasteiger partial charge in [-0.2, -0.15) is 13.8 Å². The van der Waals surface area contributed by atoms with Gasteiger partial charge in [-0.05, 0) is 58.4 Å². The van der Waals surface area contributed by atoms with E-state index < -0.39 is 21.7 Å². The second-order valence-electron chi connectivity index (χ2n) is 10.6. The molecule has 4 rings (SSSR count). The number of halogens is 2. The molecule has 0 bridgehead atoms. The van der Waals surface area contributed by atoms with Crippen molar-refractivity contribution in [1.82, 2.24) is 14.9 Å². The van der Waals surface area contributed by atoms with Gasteiger partial charge in [-0.3, -0.25) is 4.90 Å². The van der Waals surface area contributed by atoms with Crippen LogP contribution < -0.4 is 25.0 Å². The van der Waals surface area contributed by atoms with Crippen LogP contribution in [0.1, 0.15) is 33.3 Å². The maximum absolute atomic E-state index is 13.2. The molecule has 2 heterocycles. The molecule has 228 valence electrons. The number of piperazine rings is 1. The van der Waals surface area contributed by atoms with E-state index in [4.69, 9.17) is 4.74 Å². The number of sulfone groups is 1. The van der Waals surface area contributed by atoms with Gasteiger partial charge < -0.3 is 25.0 Å². The lowest BCUT2D eigenvalue weighted by Gasteiger charge is -2.38. The van der Waals surface area contributed by atoms with Crippen molar-refractivity contribution in [1.29, 1.82) is 0 Å². The Labute approximate surface area is 246 Å². The van der Waals surface area contributed by atoms with Gasteiger partial charge in [-0.1, -0.05) is 12.1 Å². The highest BCUT2D eigenvalue weighted by molar-refractivity contribution is 7.92. The van der Waals surface area contributed by atoms with Gasteiger partial charge in [0.15, 0.2) is 21.4 Å². The molecule has 2 N–H and O–H groups in total. The average Bonchev–Trinajstić information content (AvgIpc) is 2.94. The van der Waals surface area contributed by atoms with Gasteiger partial charge in [0.05, 0.1) is 34.8 Å². The van der Waals surface area contributed by atoms with Crippen molar-refractivity contribution in [3.8, 4) is 11.5 Å². The Kier molecular flexibility index (Phi) is 9.72. The molecule has 1 aliphatic heterocycles. The molecule has 1 aromatic heterocycles. The zero-order valence-corrected chi connectivity index (χ0v) is 25.5. The van der Waals surface area contributed by atoms with Gasteiger partial charge in [0.25, 0.3) is 0 Å². The maximum atomic E-state index is 13.2. The first-order valence-electron chi connectivity index (χ1n) is 13.8. The van der Waals surface area contributed by atoms with Gasteiger partial charge in [-0.15, -0.1) is 0 Å². The molecule has 0 saturated carbocycles. The Balaban J connectivity index is 1.65. The minimum absolute atomic E-state index is 0.0122. The highest BCUT2D eigenvalue weighted by atomic mass is 32.2. The third-order valence-electron chi connectivity index (χ3n) is 7.19. The molecular formula is C29H38F2N6O4S. The lowest BCUT2D eigenvalue weighted by molar-refractivity contribution is -0.0497. The van der Waals surface area contributed by atoms with Crippen LogP contribution in [0.25, 0.3) is 0 Å². The van der Waals surface area contributed by atoms with Crippen molar-refractivity contribution >= 4 is 38.7 Å². The van der Waals surface area contributed by atoms with E-state index in [1.54, 1.807) is 33.1 Å². The lowest BCUT2D eigenvalue weighted by Crippen LogP contribution is -2.49. The van der Waals surface area contributed by atoms with E-state index in [0.29, 0.717) is 17.5 Å². The van der Waals surface area contributed by atoms with Crippen LogP contribution in [-0.4, -0.2) is 74.5 Å². The summed E-state index contributed by atoms with van der Waals surface area (Å²) in [6, 6.07) is 10.6. The number of hydrogen-bond donors (Lipinski definition) is 2. The normalized spacial score (nSPS) is 14.5. The Morgan fingerprint density at radius 2 is 1.64 bits per heavy atom. The molecule has 0 aliphatic carbocycles. The quantitative estimate of drug-likeness (QED) is 0.287. The fourth-order valence-corrected chi connectivity index (χ4v) is 5.99. The standard InChI is InChI=1S/C29H38F2N6O4S/c1-18(2)36-11-13-37(14-12-36)23-16-24(40-6)22(15-20(23)5)34-29-32-17-25(41-28(30)31)27(35-29)33-21-9-7-8-10-26(21)42(38,39)19(3)4/h7-10,15-19,28H,11-14H2,1-6H3,(H2,32,33,34,35). The van der Waals surface area contributed by atoms with Gasteiger partial charge in [0.2, 0.25) is 5.95 Å². The Bertz CT molecular complexity index is 1500. The number of aromatic nitrogens is 2. The highest BCUT2D eigenvalue weighted by Crippen LogP contribution is 2.37. The number of nitrogens with zero attached hydrogens (tertiary/aromatic N) is 4. The molecule has 0 amide bonds. The van der Waals surface area contributed by atoms with Crippen molar-refractivity contribution in [3.05, 3.63) is 48.2 Å². The molecule has 42 heavy (non-hydrogen) atoms. The number of methoxy groups -OCH3 is 1. The van der Waals surface area contributed by atoms with Crippen LogP contribution in [0.2, 0.25) is 0 Å². The van der Waals surface area contributed by atoms with Gasteiger partial charge >= 0.3 is 6.61 Å². The SMILES string of the molecule is COc1cc(N2CCN(C(C)C)CC2)c(C)cc1Nc1ncc(OC(F)F)c(Nc2ccccc2S(=O)(=O)C(C)C)n1. The first-order valence-corrected chi connectivity index (χ1v) is 15.3. The van der Waals surface area contributed by atoms with Crippen LogP contribution >= 0.6 is 0 Å². The highest BCUT2D eigenvalue weighted by Gasteiger charge is 2.25. The fourth-order valence-electron chi connectivity index (χ4n) is 4.79. The summed E-state index contributed by atoms with van der Waals surface area (Å²) in [5.41, 5.74) is 2.83. The molecule has 0 radical (unpaired) electrons. The minimum Gasteiger partial charge on any atom is -0.494 e. The van der Waals surface area contributed by atoms with Gasteiger partial charge in [-0.25, -0.2) is 13.4 Å². The lowest BCUT2D eigenvalue weighted by atomic mass is 10.1. The average molecular weight is 605 g/mol. The molecule has 0 unspecified atom stereocenters. The number of rotatable bonds is 11. The molecule has 3 aromatic rings. The summed E-state index contributed by atoms with van der Waals surface area (Å²) < 4.78 is 62.6. The summed E-state index contributed by atoms with van der Waals surface area (Å²) in [6.45, 7) is 10.1. The predicted molar refractivity (Wildman–Crippen MR) is 161 cm³/mol. The van der Waals surface area contributed by atoms with Crippen molar-refractivity contribution in [3.63, 3.8) is 0 Å². The second kappa shape index (κ2) is 13.1. The first-order chi connectivity index (χ1) is 19.9. The number of benzene rings is 2. The topological polar surface area (TPSA) is 109 Å². The zero-order chi connectivity index (χ0) is 30.6. The van der Waals surface area contributed by atoms with E-state index >= 15 is 0 Å².